The highest BCUT2D eigenvalue weighted by molar-refractivity contribution is 5.71. The molecule has 1 rings (SSSR count). The minimum atomic E-state index is -1.01. The van der Waals surface area contributed by atoms with Crippen molar-refractivity contribution in [3.05, 3.63) is 40.7 Å². The Morgan fingerprint density at radius 1 is 1.53 bits per heavy atom. The molecule has 0 saturated carbocycles. The van der Waals surface area contributed by atoms with Crippen molar-refractivity contribution in [1.82, 2.24) is 0 Å². The number of aliphatic hydroxyl groups excluding tert-OH is 1. The molecule has 0 bridgehead atoms. The second-order valence-corrected chi connectivity index (χ2v) is 4.12. The van der Waals surface area contributed by atoms with Crippen LogP contribution in [0.1, 0.15) is 18.1 Å². The molecule has 0 fully saturated rings. The third-order valence-corrected chi connectivity index (χ3v) is 2.74. The first kappa shape index (κ1) is 13.2. The van der Waals surface area contributed by atoms with E-state index in [1.165, 1.54) is 6.92 Å². The molecule has 4 heteroatoms. The summed E-state index contributed by atoms with van der Waals surface area (Å²) >= 11 is 0. The van der Waals surface area contributed by atoms with Gasteiger partial charge in [-0.1, -0.05) is 18.2 Å². The molecule has 0 aliphatic rings. The molecule has 0 aliphatic carbocycles. The first-order chi connectivity index (χ1) is 7.95. The third-order valence-electron chi connectivity index (χ3n) is 2.74. The van der Waals surface area contributed by atoms with Crippen molar-refractivity contribution in [2.75, 3.05) is 0 Å². The molecule has 90 valence electrons. The van der Waals surface area contributed by atoms with Gasteiger partial charge in [0.05, 0.1) is 18.6 Å². The number of carboxylic acid groups (broad SMARTS) is 1. The lowest BCUT2D eigenvalue weighted by Crippen LogP contribution is -2.27. The zero-order valence-corrected chi connectivity index (χ0v) is 9.84. The summed E-state index contributed by atoms with van der Waals surface area (Å²) in [5.74, 6) is -1.82. The van der Waals surface area contributed by atoms with E-state index in [4.69, 9.17) is 11.7 Å². The largest absolute Gasteiger partial charge is 0.481 e. The van der Waals surface area contributed by atoms with Crippen LogP contribution in [0.5, 0.6) is 0 Å². The SMILES string of the molecule is [C-]#[N+]c1ccc(C[C@@H](C(=O)O)[C@H](C)O)cc1C. The molecule has 4 nitrogen and oxygen atoms in total. The van der Waals surface area contributed by atoms with Crippen LogP contribution in [-0.2, 0) is 11.2 Å². The van der Waals surface area contributed by atoms with E-state index in [1.807, 2.05) is 6.92 Å². The number of hydrogen-bond donors (Lipinski definition) is 2. The predicted molar refractivity (Wildman–Crippen MR) is 64.0 cm³/mol. The highest BCUT2D eigenvalue weighted by Gasteiger charge is 2.23. The van der Waals surface area contributed by atoms with E-state index < -0.39 is 18.0 Å². The van der Waals surface area contributed by atoms with E-state index in [1.54, 1.807) is 18.2 Å². The van der Waals surface area contributed by atoms with Gasteiger partial charge in [0, 0.05) is 0 Å². The van der Waals surface area contributed by atoms with Gasteiger partial charge in [-0.05, 0) is 31.4 Å². The number of carbonyl (C=O) groups is 1. The van der Waals surface area contributed by atoms with Gasteiger partial charge in [-0.2, -0.15) is 0 Å². The first-order valence-electron chi connectivity index (χ1n) is 5.33. The van der Waals surface area contributed by atoms with Crippen LogP contribution < -0.4 is 0 Å². The molecule has 2 atom stereocenters. The number of nitrogens with zero attached hydrogens (tertiary/aromatic N) is 1. The predicted octanol–water partition coefficient (Wildman–Crippen LogP) is 2.17. The highest BCUT2D eigenvalue weighted by Crippen LogP contribution is 2.22. The number of carboxylic acids is 1. The number of rotatable bonds is 4. The summed E-state index contributed by atoms with van der Waals surface area (Å²) in [4.78, 5) is 14.3. The fourth-order valence-electron chi connectivity index (χ4n) is 1.69. The third kappa shape index (κ3) is 3.30. The Kier molecular flexibility index (Phi) is 4.24. The monoisotopic (exact) mass is 233 g/mol. The Balaban J connectivity index is 2.92. The number of aryl methyl sites for hydroxylation is 1. The summed E-state index contributed by atoms with van der Waals surface area (Å²) in [5, 5.41) is 18.4. The molecule has 0 amide bonds. The molecule has 1 aromatic rings. The van der Waals surface area contributed by atoms with Gasteiger partial charge in [0.2, 0.25) is 0 Å². The molecule has 0 spiro atoms. The second-order valence-electron chi connectivity index (χ2n) is 4.12. The van der Waals surface area contributed by atoms with Crippen LogP contribution in [0.2, 0.25) is 0 Å². The molecular formula is C13H15NO3. The summed E-state index contributed by atoms with van der Waals surface area (Å²) in [5.41, 5.74) is 2.22. The Hall–Kier alpha value is -1.86. The van der Waals surface area contributed by atoms with E-state index in [-0.39, 0.29) is 6.42 Å². The Morgan fingerprint density at radius 3 is 2.59 bits per heavy atom. The first-order valence-corrected chi connectivity index (χ1v) is 5.33. The molecule has 0 aromatic heterocycles. The fourth-order valence-corrected chi connectivity index (χ4v) is 1.69. The maximum atomic E-state index is 10.9. The zero-order chi connectivity index (χ0) is 13.0. The molecule has 2 N–H and O–H groups in total. The van der Waals surface area contributed by atoms with E-state index >= 15 is 0 Å². The number of hydrogen-bond acceptors (Lipinski definition) is 2. The fraction of sp³-hybridized carbons (Fsp3) is 0.385. The Morgan fingerprint density at radius 2 is 2.18 bits per heavy atom. The average Bonchev–Trinajstić information content (AvgIpc) is 2.25. The van der Waals surface area contributed by atoms with Crippen LogP contribution in [0, 0.1) is 19.4 Å². The van der Waals surface area contributed by atoms with Crippen molar-refractivity contribution in [2.24, 2.45) is 5.92 Å². The van der Waals surface area contributed by atoms with Crippen molar-refractivity contribution in [1.29, 1.82) is 0 Å². The van der Waals surface area contributed by atoms with Crippen LogP contribution in [0.3, 0.4) is 0 Å². The molecule has 0 heterocycles. The average molecular weight is 233 g/mol. The van der Waals surface area contributed by atoms with Crippen LogP contribution in [0.4, 0.5) is 5.69 Å². The van der Waals surface area contributed by atoms with E-state index in [2.05, 4.69) is 4.85 Å². The minimum Gasteiger partial charge on any atom is -0.481 e. The summed E-state index contributed by atoms with van der Waals surface area (Å²) in [6.07, 6.45) is -0.625. The van der Waals surface area contributed by atoms with Crippen molar-refractivity contribution in [2.45, 2.75) is 26.4 Å². The van der Waals surface area contributed by atoms with Crippen molar-refractivity contribution < 1.29 is 15.0 Å². The molecule has 17 heavy (non-hydrogen) atoms. The maximum Gasteiger partial charge on any atom is 0.309 e. The summed E-state index contributed by atoms with van der Waals surface area (Å²) < 4.78 is 0. The topological polar surface area (TPSA) is 61.9 Å². The molecule has 0 saturated heterocycles. The molecule has 0 unspecified atom stereocenters. The lowest BCUT2D eigenvalue weighted by Gasteiger charge is -2.15. The zero-order valence-electron chi connectivity index (χ0n) is 9.84. The van der Waals surface area contributed by atoms with Gasteiger partial charge in [-0.3, -0.25) is 4.79 Å². The van der Waals surface area contributed by atoms with Gasteiger partial charge < -0.3 is 10.2 Å². The second kappa shape index (κ2) is 5.46. The van der Waals surface area contributed by atoms with Gasteiger partial charge in [0.25, 0.3) is 0 Å². The normalized spacial score (nSPS) is 13.8. The molecule has 0 aliphatic heterocycles. The number of benzene rings is 1. The summed E-state index contributed by atoms with van der Waals surface area (Å²) in [6.45, 7) is 10.2. The van der Waals surface area contributed by atoms with E-state index in [0.717, 1.165) is 11.1 Å². The number of aliphatic hydroxyl groups is 1. The molecule has 1 aromatic carbocycles. The maximum absolute atomic E-state index is 10.9. The molecular weight excluding hydrogens is 218 g/mol. The Bertz CT molecular complexity index is 460. The van der Waals surface area contributed by atoms with E-state index in [9.17, 15) is 9.90 Å². The molecule has 0 radical (unpaired) electrons. The van der Waals surface area contributed by atoms with Crippen molar-refractivity contribution in [3.63, 3.8) is 0 Å². The smallest absolute Gasteiger partial charge is 0.309 e. The van der Waals surface area contributed by atoms with Crippen LogP contribution in [0.25, 0.3) is 4.85 Å². The van der Waals surface area contributed by atoms with Crippen LogP contribution >= 0.6 is 0 Å². The van der Waals surface area contributed by atoms with Gasteiger partial charge in [0.15, 0.2) is 5.69 Å². The van der Waals surface area contributed by atoms with Crippen LogP contribution in [-0.4, -0.2) is 22.3 Å². The standard InChI is InChI=1S/C13H15NO3/c1-8-6-10(4-5-12(8)14-3)7-11(9(2)15)13(16)17/h4-6,9,11,15H,7H2,1-2H3,(H,16,17)/t9-,11+/m0/s1. The Labute approximate surface area is 100 Å². The minimum absolute atomic E-state index is 0.270. The quantitative estimate of drug-likeness (QED) is 0.783. The summed E-state index contributed by atoms with van der Waals surface area (Å²) in [7, 11) is 0. The van der Waals surface area contributed by atoms with Gasteiger partial charge in [-0.25, -0.2) is 4.85 Å². The number of aliphatic carboxylic acids is 1. The lowest BCUT2D eigenvalue weighted by atomic mass is 9.94. The van der Waals surface area contributed by atoms with Crippen molar-refractivity contribution in [3.8, 4) is 0 Å². The highest BCUT2D eigenvalue weighted by atomic mass is 16.4. The van der Waals surface area contributed by atoms with Gasteiger partial charge in [-0.15, -0.1) is 0 Å². The lowest BCUT2D eigenvalue weighted by molar-refractivity contribution is -0.145. The van der Waals surface area contributed by atoms with E-state index in [0.29, 0.717) is 5.69 Å². The van der Waals surface area contributed by atoms with Gasteiger partial charge in [0.1, 0.15) is 0 Å². The summed E-state index contributed by atoms with van der Waals surface area (Å²) in [6, 6.07) is 5.21. The van der Waals surface area contributed by atoms with Gasteiger partial charge >= 0.3 is 5.97 Å². The van der Waals surface area contributed by atoms with Crippen molar-refractivity contribution >= 4 is 11.7 Å². The van der Waals surface area contributed by atoms with Crippen LogP contribution in [0.15, 0.2) is 18.2 Å².